The Balaban J connectivity index is 1.34. The zero-order chi connectivity index (χ0) is 23.2. The number of carbonyl (C=O) groups is 3. The van der Waals surface area contributed by atoms with Gasteiger partial charge >= 0.3 is 6.03 Å². The number of furan rings is 1. The fraction of sp³-hybridized carbons (Fsp3) is 0.192. The maximum absolute atomic E-state index is 13.3. The van der Waals surface area contributed by atoms with Gasteiger partial charge in [0.15, 0.2) is 0 Å². The molecule has 1 aliphatic rings. The van der Waals surface area contributed by atoms with Gasteiger partial charge in [0.1, 0.15) is 23.4 Å². The van der Waals surface area contributed by atoms with Crippen molar-refractivity contribution in [3.8, 4) is 0 Å². The molecule has 0 radical (unpaired) electrons. The Morgan fingerprint density at radius 1 is 1.03 bits per heavy atom. The van der Waals surface area contributed by atoms with Crippen molar-refractivity contribution < 1.29 is 18.8 Å². The fourth-order valence-corrected chi connectivity index (χ4v) is 4.40. The zero-order valence-corrected chi connectivity index (χ0v) is 18.3. The highest BCUT2D eigenvalue weighted by atomic mass is 16.3. The molecule has 7 nitrogen and oxygen atoms in total. The molecule has 0 saturated carbocycles. The van der Waals surface area contributed by atoms with E-state index in [9.17, 15) is 14.4 Å². The van der Waals surface area contributed by atoms with Gasteiger partial charge in [-0.05, 0) is 42.3 Å². The minimum Gasteiger partial charge on any atom is -0.459 e. The number of hydrogen-bond donors (Lipinski definition) is 2. The first-order chi connectivity index (χ1) is 15.9. The average molecular weight is 441 g/mol. The summed E-state index contributed by atoms with van der Waals surface area (Å²) in [5, 5.41) is 8.38. The number of nitrogens with zero attached hydrogens (tertiary/aromatic N) is 1. The van der Waals surface area contributed by atoms with E-state index in [0.29, 0.717) is 11.3 Å². The lowest BCUT2D eigenvalue weighted by molar-refractivity contribution is -0.135. The van der Waals surface area contributed by atoms with Crippen molar-refractivity contribution in [3.05, 3.63) is 84.1 Å². The number of hydrogen-bond acceptors (Lipinski definition) is 4. The van der Waals surface area contributed by atoms with E-state index in [1.54, 1.807) is 13.8 Å². The van der Waals surface area contributed by atoms with Crippen LogP contribution in [0.4, 0.5) is 4.79 Å². The maximum atomic E-state index is 13.3. The van der Waals surface area contributed by atoms with Gasteiger partial charge < -0.3 is 15.1 Å². The topological polar surface area (TPSA) is 91.7 Å². The highest BCUT2D eigenvalue weighted by molar-refractivity contribution is 6.10. The molecule has 1 saturated heterocycles. The van der Waals surface area contributed by atoms with Crippen LogP contribution in [-0.4, -0.2) is 29.3 Å². The molecule has 2 unspecified atom stereocenters. The van der Waals surface area contributed by atoms with Crippen LogP contribution < -0.4 is 10.6 Å². The largest absolute Gasteiger partial charge is 0.459 e. The van der Waals surface area contributed by atoms with Crippen LogP contribution in [0.25, 0.3) is 21.7 Å². The summed E-state index contributed by atoms with van der Waals surface area (Å²) in [6.45, 7) is 3.08. The summed E-state index contributed by atoms with van der Waals surface area (Å²) in [7, 11) is 0. The smallest absolute Gasteiger partial charge is 0.325 e. The normalized spacial score (nSPS) is 19.2. The number of nitrogens with one attached hydrogen (secondary N) is 2. The molecule has 4 amide bonds. The van der Waals surface area contributed by atoms with Gasteiger partial charge in [-0.1, -0.05) is 60.7 Å². The van der Waals surface area contributed by atoms with E-state index in [2.05, 4.69) is 10.6 Å². The molecule has 33 heavy (non-hydrogen) atoms. The number of para-hydroxylation sites is 1. The van der Waals surface area contributed by atoms with Gasteiger partial charge in [-0.2, -0.15) is 0 Å². The van der Waals surface area contributed by atoms with E-state index in [-0.39, 0.29) is 6.54 Å². The third-order valence-corrected chi connectivity index (χ3v) is 6.15. The average Bonchev–Trinajstić information content (AvgIpc) is 3.34. The Labute approximate surface area is 190 Å². The molecule has 4 aromatic rings. The first-order valence-electron chi connectivity index (χ1n) is 10.8. The van der Waals surface area contributed by atoms with Crippen LogP contribution in [0.2, 0.25) is 0 Å². The third-order valence-electron chi connectivity index (χ3n) is 6.15. The maximum Gasteiger partial charge on any atom is 0.325 e. The van der Waals surface area contributed by atoms with E-state index in [1.807, 2.05) is 72.8 Å². The molecule has 3 aromatic carbocycles. The van der Waals surface area contributed by atoms with Crippen molar-refractivity contribution in [2.75, 3.05) is 6.54 Å². The van der Waals surface area contributed by atoms with E-state index in [4.69, 9.17) is 4.42 Å². The number of imide groups is 1. The van der Waals surface area contributed by atoms with Crippen molar-refractivity contribution in [1.82, 2.24) is 15.5 Å². The molecular weight excluding hydrogens is 418 g/mol. The van der Waals surface area contributed by atoms with Gasteiger partial charge in [0.05, 0.1) is 6.04 Å². The van der Waals surface area contributed by atoms with Gasteiger partial charge in [0.2, 0.25) is 5.91 Å². The van der Waals surface area contributed by atoms with Crippen LogP contribution in [0.1, 0.15) is 31.2 Å². The second kappa shape index (κ2) is 7.78. The lowest BCUT2D eigenvalue weighted by Gasteiger charge is -2.24. The predicted molar refractivity (Wildman–Crippen MR) is 124 cm³/mol. The molecule has 1 fully saturated rings. The molecule has 5 rings (SSSR count). The van der Waals surface area contributed by atoms with E-state index >= 15 is 0 Å². The lowest BCUT2D eigenvalue weighted by Crippen LogP contribution is -2.43. The minimum atomic E-state index is -1.26. The molecule has 2 heterocycles. The highest BCUT2D eigenvalue weighted by Gasteiger charge is 2.50. The molecule has 2 N–H and O–H groups in total. The molecule has 1 aliphatic heterocycles. The Morgan fingerprint density at radius 2 is 1.73 bits per heavy atom. The van der Waals surface area contributed by atoms with Gasteiger partial charge in [0, 0.05) is 5.39 Å². The van der Waals surface area contributed by atoms with Crippen molar-refractivity contribution in [1.29, 1.82) is 0 Å². The SMILES string of the molecule is CC(NC(=O)CN1C(=O)NC(C)(c2cccc3ccccc23)C1=O)c1cc2ccccc2o1. The quantitative estimate of drug-likeness (QED) is 0.454. The van der Waals surface area contributed by atoms with Gasteiger partial charge in [-0.15, -0.1) is 0 Å². The number of urea groups is 1. The lowest BCUT2D eigenvalue weighted by atomic mass is 9.88. The van der Waals surface area contributed by atoms with Gasteiger partial charge in [-0.3, -0.25) is 14.5 Å². The second-order valence-electron chi connectivity index (χ2n) is 8.45. The number of carbonyl (C=O) groups excluding carboxylic acids is 3. The van der Waals surface area contributed by atoms with Crippen LogP contribution in [0.15, 0.2) is 77.2 Å². The Hall–Kier alpha value is -4.13. The summed E-state index contributed by atoms with van der Waals surface area (Å²) in [4.78, 5) is 39.7. The van der Waals surface area contributed by atoms with Crippen molar-refractivity contribution in [2.45, 2.75) is 25.4 Å². The Bertz CT molecular complexity index is 1370. The third kappa shape index (κ3) is 3.51. The highest BCUT2D eigenvalue weighted by Crippen LogP contribution is 2.33. The number of benzene rings is 3. The summed E-state index contributed by atoms with van der Waals surface area (Å²) in [5.74, 6) is -0.314. The monoisotopic (exact) mass is 441 g/mol. The van der Waals surface area contributed by atoms with Crippen LogP contribution in [0, 0.1) is 0 Å². The first kappa shape index (κ1) is 20.8. The molecule has 0 bridgehead atoms. The first-order valence-corrected chi connectivity index (χ1v) is 10.8. The van der Waals surface area contributed by atoms with Crippen LogP contribution >= 0.6 is 0 Å². The number of rotatable bonds is 5. The van der Waals surface area contributed by atoms with Crippen LogP contribution in [0.5, 0.6) is 0 Å². The van der Waals surface area contributed by atoms with E-state index < -0.39 is 29.4 Å². The standard InChI is InChI=1S/C26H23N3O4/c1-16(22-14-18-9-4-6-13-21(18)33-22)27-23(30)15-29-24(31)26(2,28-25(29)32)20-12-7-10-17-8-3-5-11-19(17)20/h3-14,16H,15H2,1-2H3,(H,27,30)(H,28,32). The molecular formula is C26H23N3O4. The molecule has 0 aliphatic carbocycles. The molecule has 1 aromatic heterocycles. The van der Waals surface area contributed by atoms with Crippen LogP contribution in [0.3, 0.4) is 0 Å². The summed E-state index contributed by atoms with van der Waals surface area (Å²) < 4.78 is 5.80. The molecule has 166 valence electrons. The van der Waals surface area contributed by atoms with Gasteiger partial charge in [-0.25, -0.2) is 4.79 Å². The summed E-state index contributed by atoms with van der Waals surface area (Å²) in [6.07, 6.45) is 0. The Kier molecular flexibility index (Phi) is 4.89. The Morgan fingerprint density at radius 3 is 2.52 bits per heavy atom. The molecule has 0 spiro atoms. The van der Waals surface area contributed by atoms with Gasteiger partial charge in [0.25, 0.3) is 5.91 Å². The van der Waals surface area contributed by atoms with Crippen LogP contribution in [-0.2, 0) is 15.1 Å². The van der Waals surface area contributed by atoms with Crippen molar-refractivity contribution in [2.24, 2.45) is 0 Å². The predicted octanol–water partition coefficient (Wildman–Crippen LogP) is 4.23. The summed E-state index contributed by atoms with van der Waals surface area (Å²) in [5.41, 5.74) is 0.161. The molecule has 2 atom stereocenters. The van der Waals surface area contributed by atoms with Crippen molar-refractivity contribution in [3.63, 3.8) is 0 Å². The van der Waals surface area contributed by atoms with E-state index in [0.717, 1.165) is 26.6 Å². The van der Waals surface area contributed by atoms with E-state index in [1.165, 1.54) is 0 Å². The summed E-state index contributed by atoms with van der Waals surface area (Å²) >= 11 is 0. The zero-order valence-electron chi connectivity index (χ0n) is 18.3. The second-order valence-corrected chi connectivity index (χ2v) is 8.45. The molecule has 7 heteroatoms. The number of fused-ring (bicyclic) bond motifs is 2. The van der Waals surface area contributed by atoms with Crippen molar-refractivity contribution >= 4 is 39.6 Å². The minimum absolute atomic E-state index is 0.379. The number of amides is 4. The fourth-order valence-electron chi connectivity index (χ4n) is 4.40. The summed E-state index contributed by atoms with van der Waals surface area (Å²) in [6, 6.07) is 21.7.